The second-order valence-corrected chi connectivity index (χ2v) is 6.48. The first-order valence-electron chi connectivity index (χ1n) is 8.80. The highest BCUT2D eigenvalue weighted by molar-refractivity contribution is 6.07. The number of para-hydroxylation sites is 1. The fraction of sp³-hybridized carbons (Fsp3) is 0.273. The highest BCUT2D eigenvalue weighted by Gasteiger charge is 2.12. The third-order valence-electron chi connectivity index (χ3n) is 4.47. The van der Waals surface area contributed by atoms with Gasteiger partial charge in [-0.1, -0.05) is 49.7 Å². The molecule has 2 N–H and O–H groups in total. The minimum atomic E-state index is -0.423. The van der Waals surface area contributed by atoms with Crippen molar-refractivity contribution >= 4 is 17.3 Å². The van der Waals surface area contributed by atoms with Crippen LogP contribution in [0.15, 0.2) is 54.2 Å². The maximum Gasteiger partial charge on any atom is 0.267 e. The Morgan fingerprint density at radius 3 is 2.58 bits per heavy atom. The molecule has 0 aliphatic carbocycles. The molecule has 0 spiro atoms. The van der Waals surface area contributed by atoms with Gasteiger partial charge in [-0.15, -0.1) is 0 Å². The summed E-state index contributed by atoms with van der Waals surface area (Å²) >= 11 is 0. The van der Waals surface area contributed by atoms with Crippen molar-refractivity contribution in [3.63, 3.8) is 0 Å². The summed E-state index contributed by atoms with van der Waals surface area (Å²) < 4.78 is 0. The van der Waals surface area contributed by atoms with E-state index < -0.39 is 5.91 Å². The molecule has 0 fully saturated rings. The van der Waals surface area contributed by atoms with Crippen molar-refractivity contribution in [1.82, 2.24) is 0 Å². The number of carbonyl (C=O) groups excluding carboxylic acids is 1. The van der Waals surface area contributed by atoms with E-state index >= 15 is 0 Å². The van der Waals surface area contributed by atoms with Crippen LogP contribution in [0.4, 0.5) is 11.4 Å². The summed E-state index contributed by atoms with van der Waals surface area (Å²) in [5.74, 6) is -0.0327. The minimum Gasteiger partial charge on any atom is -0.360 e. The van der Waals surface area contributed by atoms with Crippen molar-refractivity contribution in [2.45, 2.75) is 40.0 Å². The number of rotatable bonds is 6. The van der Waals surface area contributed by atoms with Gasteiger partial charge in [0.15, 0.2) is 0 Å². The van der Waals surface area contributed by atoms with Gasteiger partial charge >= 0.3 is 0 Å². The molecule has 0 saturated carbocycles. The van der Waals surface area contributed by atoms with Crippen molar-refractivity contribution in [2.75, 3.05) is 10.6 Å². The Morgan fingerprint density at radius 2 is 1.92 bits per heavy atom. The van der Waals surface area contributed by atoms with Gasteiger partial charge in [-0.2, -0.15) is 5.26 Å². The van der Waals surface area contributed by atoms with Gasteiger partial charge in [-0.25, -0.2) is 0 Å². The molecule has 1 atom stereocenters. The smallest absolute Gasteiger partial charge is 0.267 e. The normalized spacial score (nSPS) is 12.2. The van der Waals surface area contributed by atoms with Crippen molar-refractivity contribution < 1.29 is 4.79 Å². The van der Waals surface area contributed by atoms with Crippen LogP contribution in [-0.2, 0) is 4.79 Å². The zero-order valence-electron chi connectivity index (χ0n) is 15.8. The summed E-state index contributed by atoms with van der Waals surface area (Å²) in [4.78, 5) is 12.4. The van der Waals surface area contributed by atoms with E-state index in [4.69, 9.17) is 0 Å². The maximum absolute atomic E-state index is 12.4. The van der Waals surface area contributed by atoms with Crippen molar-refractivity contribution in [2.24, 2.45) is 0 Å². The Bertz CT molecular complexity index is 862. The van der Waals surface area contributed by atoms with Crippen LogP contribution in [0.1, 0.15) is 42.9 Å². The van der Waals surface area contributed by atoms with Crippen LogP contribution in [0, 0.1) is 25.2 Å². The van der Waals surface area contributed by atoms with Gasteiger partial charge in [0.25, 0.3) is 5.91 Å². The van der Waals surface area contributed by atoms with Gasteiger partial charge in [0.2, 0.25) is 0 Å². The first-order valence-corrected chi connectivity index (χ1v) is 8.80. The minimum absolute atomic E-state index is 0.0314. The Hall–Kier alpha value is -3.06. The number of carbonyl (C=O) groups is 1. The van der Waals surface area contributed by atoms with Crippen molar-refractivity contribution in [3.8, 4) is 6.07 Å². The van der Waals surface area contributed by atoms with Crippen LogP contribution in [0.5, 0.6) is 0 Å². The molecule has 0 saturated heterocycles. The molecule has 1 unspecified atom stereocenters. The predicted octanol–water partition coefficient (Wildman–Crippen LogP) is 5.28. The molecule has 2 aromatic rings. The number of nitrogens with zero attached hydrogens (tertiary/aromatic N) is 1. The molecule has 2 rings (SSSR count). The summed E-state index contributed by atoms with van der Waals surface area (Å²) in [6.07, 6.45) is 2.49. The third-order valence-corrected chi connectivity index (χ3v) is 4.47. The van der Waals surface area contributed by atoms with E-state index in [0.29, 0.717) is 11.6 Å². The van der Waals surface area contributed by atoms with E-state index in [1.165, 1.54) is 11.8 Å². The average molecular weight is 347 g/mol. The third kappa shape index (κ3) is 4.73. The van der Waals surface area contributed by atoms with Gasteiger partial charge in [0, 0.05) is 17.6 Å². The summed E-state index contributed by atoms with van der Waals surface area (Å²) in [5, 5.41) is 15.3. The molecule has 0 aliphatic rings. The first kappa shape index (κ1) is 19.3. The zero-order valence-corrected chi connectivity index (χ0v) is 15.8. The number of anilines is 2. The number of aryl methyl sites for hydroxylation is 2. The molecule has 2 aromatic carbocycles. The molecule has 4 nitrogen and oxygen atoms in total. The van der Waals surface area contributed by atoms with Gasteiger partial charge in [-0.05, 0) is 49.4 Å². The van der Waals surface area contributed by atoms with E-state index in [-0.39, 0.29) is 5.57 Å². The number of benzene rings is 2. The largest absolute Gasteiger partial charge is 0.360 e. The zero-order chi connectivity index (χ0) is 19.1. The molecule has 26 heavy (non-hydrogen) atoms. The molecule has 0 heterocycles. The Labute approximate surface area is 155 Å². The number of hydrogen-bond donors (Lipinski definition) is 2. The van der Waals surface area contributed by atoms with E-state index in [0.717, 1.165) is 23.2 Å². The number of nitrogens with one attached hydrogen (secondary N) is 2. The molecule has 0 bridgehead atoms. The van der Waals surface area contributed by atoms with Crippen molar-refractivity contribution in [1.29, 1.82) is 5.26 Å². The lowest BCUT2D eigenvalue weighted by molar-refractivity contribution is -0.112. The van der Waals surface area contributed by atoms with Gasteiger partial charge in [-0.3, -0.25) is 4.79 Å². The van der Waals surface area contributed by atoms with Crippen LogP contribution in [0.2, 0.25) is 0 Å². The standard InChI is InChI=1S/C22H25N3O/c1-5-16(3)19-8-6-7-9-21(19)24-14-18(13-23)22(26)25-20-11-10-15(2)12-17(20)4/h6-12,14,16,24H,5H2,1-4H3,(H,25,26)/b18-14-. The second-order valence-electron chi connectivity index (χ2n) is 6.48. The van der Waals surface area contributed by atoms with E-state index in [1.807, 2.05) is 56.3 Å². The van der Waals surface area contributed by atoms with Crippen LogP contribution in [0.25, 0.3) is 0 Å². The first-order chi connectivity index (χ1) is 12.5. The topological polar surface area (TPSA) is 64.9 Å². The van der Waals surface area contributed by atoms with Gasteiger partial charge < -0.3 is 10.6 Å². The number of amides is 1. The van der Waals surface area contributed by atoms with Crippen LogP contribution in [-0.4, -0.2) is 5.91 Å². The molecule has 134 valence electrons. The lowest BCUT2D eigenvalue weighted by Gasteiger charge is -2.15. The Kier molecular flexibility index (Phi) is 6.57. The molecular weight excluding hydrogens is 322 g/mol. The summed E-state index contributed by atoms with van der Waals surface area (Å²) in [7, 11) is 0. The van der Waals surface area contributed by atoms with Crippen LogP contribution >= 0.6 is 0 Å². The fourth-order valence-electron chi connectivity index (χ4n) is 2.72. The highest BCUT2D eigenvalue weighted by atomic mass is 16.1. The molecule has 4 heteroatoms. The van der Waals surface area contributed by atoms with Crippen LogP contribution < -0.4 is 10.6 Å². The molecular formula is C22H25N3O. The van der Waals surface area contributed by atoms with Crippen molar-refractivity contribution in [3.05, 3.63) is 70.9 Å². The van der Waals surface area contributed by atoms with E-state index in [2.05, 4.69) is 30.5 Å². The second kappa shape index (κ2) is 8.87. The van der Waals surface area contributed by atoms with E-state index in [1.54, 1.807) is 0 Å². The number of hydrogen-bond acceptors (Lipinski definition) is 3. The average Bonchev–Trinajstić information content (AvgIpc) is 2.64. The Morgan fingerprint density at radius 1 is 1.19 bits per heavy atom. The molecule has 0 aromatic heterocycles. The van der Waals surface area contributed by atoms with Crippen LogP contribution in [0.3, 0.4) is 0 Å². The molecule has 0 aliphatic heterocycles. The summed E-state index contributed by atoms with van der Waals surface area (Å²) in [6, 6.07) is 15.7. The van der Waals surface area contributed by atoms with Gasteiger partial charge in [0.1, 0.15) is 11.6 Å². The summed E-state index contributed by atoms with van der Waals surface area (Å²) in [5.41, 5.74) is 4.91. The Balaban J connectivity index is 2.18. The lowest BCUT2D eigenvalue weighted by atomic mass is 9.97. The highest BCUT2D eigenvalue weighted by Crippen LogP contribution is 2.26. The maximum atomic E-state index is 12.4. The van der Waals surface area contributed by atoms with E-state index in [9.17, 15) is 10.1 Å². The summed E-state index contributed by atoms with van der Waals surface area (Å²) in [6.45, 7) is 8.22. The molecule has 1 amide bonds. The monoisotopic (exact) mass is 347 g/mol. The lowest BCUT2D eigenvalue weighted by Crippen LogP contribution is -2.15. The predicted molar refractivity (Wildman–Crippen MR) is 107 cm³/mol. The van der Waals surface area contributed by atoms with Gasteiger partial charge in [0.05, 0.1) is 0 Å². The number of nitriles is 1. The quantitative estimate of drug-likeness (QED) is 0.552. The SMILES string of the molecule is CCC(C)c1ccccc1N/C=C(/C#N)C(=O)Nc1ccc(C)cc1C. The fourth-order valence-corrected chi connectivity index (χ4v) is 2.72. The molecule has 0 radical (unpaired) electrons.